The Morgan fingerprint density at radius 2 is 1.81 bits per heavy atom. The van der Waals surface area contributed by atoms with Crippen molar-refractivity contribution < 1.29 is 9.32 Å². The van der Waals surface area contributed by atoms with E-state index in [0.29, 0.717) is 17.4 Å². The quantitative estimate of drug-likeness (QED) is 0.782. The molecular weight excluding hydrogens is 324 g/mol. The molecule has 4 heteroatoms. The van der Waals surface area contributed by atoms with Crippen LogP contribution < -0.4 is 5.32 Å². The van der Waals surface area contributed by atoms with E-state index in [1.807, 2.05) is 6.92 Å². The van der Waals surface area contributed by atoms with Gasteiger partial charge in [-0.2, -0.15) is 0 Å². The summed E-state index contributed by atoms with van der Waals surface area (Å²) in [6.45, 7) is 8.29. The van der Waals surface area contributed by atoms with E-state index >= 15 is 0 Å². The summed E-state index contributed by atoms with van der Waals surface area (Å²) in [7, 11) is 0. The number of carbonyl (C=O) groups is 1. The van der Waals surface area contributed by atoms with Crippen molar-refractivity contribution in [1.29, 1.82) is 0 Å². The maximum absolute atomic E-state index is 12.4. The van der Waals surface area contributed by atoms with E-state index in [-0.39, 0.29) is 17.4 Å². The van der Waals surface area contributed by atoms with Crippen LogP contribution in [0.1, 0.15) is 81.8 Å². The van der Waals surface area contributed by atoms with Gasteiger partial charge in [-0.1, -0.05) is 69.5 Å². The van der Waals surface area contributed by atoms with Gasteiger partial charge in [0.1, 0.15) is 0 Å². The van der Waals surface area contributed by atoms with Crippen LogP contribution in [0.25, 0.3) is 11.3 Å². The van der Waals surface area contributed by atoms with E-state index in [9.17, 15) is 4.79 Å². The zero-order valence-electron chi connectivity index (χ0n) is 16.3. The van der Waals surface area contributed by atoms with E-state index < -0.39 is 0 Å². The third-order valence-corrected chi connectivity index (χ3v) is 5.66. The van der Waals surface area contributed by atoms with Crippen LogP contribution in [0.15, 0.2) is 34.9 Å². The van der Waals surface area contributed by atoms with Gasteiger partial charge in [-0.25, -0.2) is 0 Å². The van der Waals surface area contributed by atoms with Gasteiger partial charge in [0.05, 0.1) is 0 Å². The molecule has 1 aromatic carbocycles. The summed E-state index contributed by atoms with van der Waals surface area (Å²) in [4.78, 5) is 12.4. The second-order valence-electron chi connectivity index (χ2n) is 8.59. The lowest BCUT2D eigenvalue weighted by Crippen LogP contribution is -2.41. The van der Waals surface area contributed by atoms with Crippen molar-refractivity contribution in [3.05, 3.63) is 41.6 Å². The molecule has 26 heavy (non-hydrogen) atoms. The maximum Gasteiger partial charge on any atom is 0.273 e. The molecule has 1 atom stereocenters. The van der Waals surface area contributed by atoms with Crippen molar-refractivity contribution in [3.63, 3.8) is 0 Å². The normalized spacial score (nSPS) is 17.1. The fourth-order valence-corrected chi connectivity index (χ4v) is 3.36. The molecule has 1 aliphatic rings. The minimum Gasteiger partial charge on any atom is -0.355 e. The summed E-state index contributed by atoms with van der Waals surface area (Å²) in [6, 6.07) is 10.3. The van der Waals surface area contributed by atoms with Gasteiger partial charge in [-0.3, -0.25) is 4.79 Å². The topological polar surface area (TPSA) is 55.1 Å². The summed E-state index contributed by atoms with van der Waals surface area (Å²) < 4.78 is 5.41. The second-order valence-corrected chi connectivity index (χ2v) is 8.59. The first-order valence-corrected chi connectivity index (χ1v) is 9.72. The number of carbonyl (C=O) groups excluding carboxylic acids is 1. The number of benzene rings is 1. The van der Waals surface area contributed by atoms with Crippen LogP contribution in [0, 0.1) is 5.41 Å². The van der Waals surface area contributed by atoms with Gasteiger partial charge >= 0.3 is 0 Å². The molecule has 3 rings (SSSR count). The fourth-order valence-electron chi connectivity index (χ4n) is 3.36. The standard InChI is InChI=1S/C22H30N2O2/c1-15(22(2,3)4)23-21(25)19-14-20(26-24-19)18-12-10-17(11-13-18)16-8-6-5-7-9-16/h10-16H,5-9H2,1-4H3,(H,23,25). The van der Waals surface area contributed by atoms with Crippen LogP contribution in [0.2, 0.25) is 0 Å². The maximum atomic E-state index is 12.4. The molecule has 0 radical (unpaired) electrons. The average molecular weight is 354 g/mol. The molecule has 1 aromatic heterocycles. The first-order chi connectivity index (χ1) is 12.3. The average Bonchev–Trinajstić information content (AvgIpc) is 3.12. The lowest BCUT2D eigenvalue weighted by molar-refractivity contribution is 0.0901. The van der Waals surface area contributed by atoms with Gasteiger partial charge in [0, 0.05) is 17.7 Å². The van der Waals surface area contributed by atoms with Gasteiger partial charge in [-0.05, 0) is 36.7 Å². The van der Waals surface area contributed by atoms with Gasteiger partial charge < -0.3 is 9.84 Å². The molecule has 1 aliphatic carbocycles. The number of nitrogens with one attached hydrogen (secondary N) is 1. The monoisotopic (exact) mass is 354 g/mol. The van der Waals surface area contributed by atoms with Crippen molar-refractivity contribution in [2.75, 3.05) is 0 Å². The number of aromatic nitrogens is 1. The number of hydrogen-bond acceptors (Lipinski definition) is 3. The Morgan fingerprint density at radius 3 is 2.42 bits per heavy atom. The molecule has 2 aromatic rings. The molecule has 0 saturated heterocycles. The molecule has 1 N–H and O–H groups in total. The van der Waals surface area contributed by atoms with E-state index in [1.165, 1.54) is 37.7 Å². The highest BCUT2D eigenvalue weighted by atomic mass is 16.5. The molecule has 4 nitrogen and oxygen atoms in total. The lowest BCUT2D eigenvalue weighted by Gasteiger charge is -2.27. The highest BCUT2D eigenvalue weighted by Crippen LogP contribution is 2.33. The highest BCUT2D eigenvalue weighted by molar-refractivity contribution is 5.93. The van der Waals surface area contributed by atoms with Gasteiger partial charge in [0.2, 0.25) is 0 Å². The smallest absolute Gasteiger partial charge is 0.273 e. The van der Waals surface area contributed by atoms with E-state index in [0.717, 1.165) is 5.56 Å². The van der Waals surface area contributed by atoms with Crippen molar-refractivity contribution in [1.82, 2.24) is 10.5 Å². The first kappa shape index (κ1) is 18.7. The third-order valence-electron chi connectivity index (χ3n) is 5.66. The highest BCUT2D eigenvalue weighted by Gasteiger charge is 2.24. The molecule has 1 saturated carbocycles. The van der Waals surface area contributed by atoms with Crippen LogP contribution in [0.3, 0.4) is 0 Å². The minimum atomic E-state index is -0.193. The molecule has 1 amide bonds. The third kappa shape index (κ3) is 4.35. The minimum absolute atomic E-state index is 0.00280. The van der Waals surface area contributed by atoms with Crippen LogP contribution in [0.4, 0.5) is 0 Å². The predicted octanol–water partition coefficient (Wildman–Crippen LogP) is 5.55. The Hall–Kier alpha value is -2.10. The zero-order valence-corrected chi connectivity index (χ0v) is 16.3. The summed E-state index contributed by atoms with van der Waals surface area (Å²) in [5.74, 6) is 1.13. The van der Waals surface area contributed by atoms with Crippen LogP contribution in [-0.4, -0.2) is 17.1 Å². The molecule has 1 heterocycles. The largest absolute Gasteiger partial charge is 0.355 e. The number of amides is 1. The zero-order chi connectivity index (χ0) is 18.7. The van der Waals surface area contributed by atoms with E-state index in [4.69, 9.17) is 4.52 Å². The lowest BCUT2D eigenvalue weighted by atomic mass is 9.84. The van der Waals surface area contributed by atoms with Crippen molar-refractivity contribution in [3.8, 4) is 11.3 Å². The van der Waals surface area contributed by atoms with Crippen LogP contribution in [-0.2, 0) is 0 Å². The number of hydrogen-bond donors (Lipinski definition) is 1. The molecule has 1 fully saturated rings. The SMILES string of the molecule is CC(NC(=O)c1cc(-c2ccc(C3CCCCC3)cc2)on1)C(C)(C)C. The van der Waals surface area contributed by atoms with Gasteiger partial charge in [-0.15, -0.1) is 0 Å². The molecule has 140 valence electrons. The van der Waals surface area contributed by atoms with Crippen LogP contribution in [0.5, 0.6) is 0 Å². The first-order valence-electron chi connectivity index (χ1n) is 9.72. The summed E-state index contributed by atoms with van der Waals surface area (Å²) in [5.41, 5.74) is 2.69. The Labute approximate surface area is 156 Å². The Kier molecular flexibility index (Phi) is 5.49. The van der Waals surface area contributed by atoms with Crippen molar-refractivity contribution >= 4 is 5.91 Å². The molecule has 0 aliphatic heterocycles. The summed E-state index contributed by atoms with van der Waals surface area (Å²) in [6.07, 6.45) is 6.61. The van der Waals surface area contributed by atoms with Crippen molar-refractivity contribution in [2.24, 2.45) is 5.41 Å². The van der Waals surface area contributed by atoms with Crippen LogP contribution >= 0.6 is 0 Å². The number of nitrogens with zero attached hydrogens (tertiary/aromatic N) is 1. The molecule has 0 bridgehead atoms. The van der Waals surface area contributed by atoms with E-state index in [1.54, 1.807) is 6.07 Å². The molecular formula is C22H30N2O2. The number of rotatable bonds is 4. The van der Waals surface area contributed by atoms with Gasteiger partial charge in [0.25, 0.3) is 5.91 Å². The van der Waals surface area contributed by atoms with Crippen molar-refractivity contribution in [2.45, 2.75) is 71.8 Å². The summed E-state index contributed by atoms with van der Waals surface area (Å²) >= 11 is 0. The molecule has 0 spiro atoms. The molecule has 1 unspecified atom stereocenters. The predicted molar refractivity (Wildman–Crippen MR) is 104 cm³/mol. The fraction of sp³-hybridized carbons (Fsp3) is 0.545. The van der Waals surface area contributed by atoms with E-state index in [2.05, 4.69) is 55.5 Å². The Bertz CT molecular complexity index is 734. The Morgan fingerprint density at radius 1 is 1.15 bits per heavy atom. The summed E-state index contributed by atoms with van der Waals surface area (Å²) in [5, 5.41) is 6.94. The Balaban J connectivity index is 1.68. The van der Waals surface area contributed by atoms with Gasteiger partial charge in [0.15, 0.2) is 11.5 Å². The second kappa shape index (κ2) is 7.65.